The third kappa shape index (κ3) is 6.17. The van der Waals surface area contributed by atoms with Crippen molar-refractivity contribution in [3.63, 3.8) is 0 Å². The van der Waals surface area contributed by atoms with Gasteiger partial charge >= 0.3 is 0 Å². The SMILES string of the molecule is C1CCC(C2CCC(N(C3CCC4CCCCC4C3)C3CCC4CC5CCCC(C6CC7CCCCC7C6)C5C4C3)CC2)CC1. The molecule has 1 nitrogen and oxygen atoms in total. The Bertz CT molecular complexity index is 944. The molecule has 9 fully saturated rings. The van der Waals surface area contributed by atoms with E-state index in [0.29, 0.717) is 0 Å². The first-order valence-electron chi connectivity index (χ1n) is 22.1. The molecule has 254 valence electrons. The second-order valence-electron chi connectivity index (χ2n) is 19.8. The number of fused-ring (bicyclic) bond motifs is 5. The summed E-state index contributed by atoms with van der Waals surface area (Å²) in [6.45, 7) is 0. The fraction of sp³-hybridized carbons (Fsp3) is 1.00. The van der Waals surface area contributed by atoms with Crippen molar-refractivity contribution in [2.24, 2.45) is 71.0 Å². The maximum atomic E-state index is 3.41. The summed E-state index contributed by atoms with van der Waals surface area (Å²) < 4.78 is 0. The van der Waals surface area contributed by atoms with E-state index in [4.69, 9.17) is 0 Å². The van der Waals surface area contributed by atoms with Crippen LogP contribution in [-0.4, -0.2) is 23.0 Å². The second kappa shape index (κ2) is 13.7. The Morgan fingerprint density at radius 1 is 0.244 bits per heavy atom. The van der Waals surface area contributed by atoms with Crippen molar-refractivity contribution >= 4 is 0 Å². The molecule has 9 saturated carbocycles. The van der Waals surface area contributed by atoms with Crippen LogP contribution in [0.5, 0.6) is 0 Å². The Morgan fingerprint density at radius 3 is 1.40 bits per heavy atom. The monoisotopic (exact) mass is 616 g/mol. The van der Waals surface area contributed by atoms with Crippen LogP contribution in [-0.2, 0) is 0 Å². The molecular formula is C44H73N. The first kappa shape index (κ1) is 31.0. The molecule has 0 aliphatic heterocycles. The summed E-state index contributed by atoms with van der Waals surface area (Å²) in [5, 5.41) is 0. The maximum Gasteiger partial charge on any atom is 0.0104 e. The summed E-state index contributed by atoms with van der Waals surface area (Å²) in [5.74, 6) is 13.4. The predicted molar refractivity (Wildman–Crippen MR) is 189 cm³/mol. The Hall–Kier alpha value is -0.0400. The van der Waals surface area contributed by atoms with Gasteiger partial charge in [-0.25, -0.2) is 0 Å². The lowest BCUT2D eigenvalue weighted by Gasteiger charge is -2.53. The lowest BCUT2D eigenvalue weighted by molar-refractivity contribution is -0.0353. The van der Waals surface area contributed by atoms with E-state index in [2.05, 4.69) is 4.90 Å². The van der Waals surface area contributed by atoms with E-state index in [1.54, 1.807) is 167 Å². The molecule has 0 radical (unpaired) electrons. The molecule has 0 aromatic carbocycles. The zero-order valence-electron chi connectivity index (χ0n) is 29.6. The molecule has 0 aromatic heterocycles. The fourth-order valence-corrected chi connectivity index (χ4v) is 16.1. The number of hydrogen-bond acceptors (Lipinski definition) is 1. The zero-order chi connectivity index (χ0) is 29.7. The van der Waals surface area contributed by atoms with Crippen LogP contribution in [0, 0.1) is 71.0 Å². The predicted octanol–water partition coefficient (Wildman–Crippen LogP) is 12.2. The molecule has 0 heterocycles. The Morgan fingerprint density at radius 2 is 0.711 bits per heavy atom. The number of rotatable bonds is 5. The smallest absolute Gasteiger partial charge is 0.0104 e. The largest absolute Gasteiger partial charge is 0.294 e. The molecule has 9 aliphatic carbocycles. The highest BCUT2D eigenvalue weighted by atomic mass is 15.2. The molecule has 0 bridgehead atoms. The van der Waals surface area contributed by atoms with Crippen LogP contribution in [0.25, 0.3) is 0 Å². The highest BCUT2D eigenvalue weighted by Crippen LogP contribution is 2.61. The van der Waals surface area contributed by atoms with E-state index in [0.717, 1.165) is 89.1 Å². The second-order valence-corrected chi connectivity index (χ2v) is 19.8. The molecular weight excluding hydrogens is 542 g/mol. The Labute approximate surface area is 279 Å². The normalized spacial score (nSPS) is 50.9. The van der Waals surface area contributed by atoms with Crippen LogP contribution in [0.1, 0.15) is 186 Å². The van der Waals surface area contributed by atoms with Gasteiger partial charge in [0.15, 0.2) is 0 Å². The summed E-state index contributed by atoms with van der Waals surface area (Å²) >= 11 is 0. The van der Waals surface area contributed by atoms with Crippen molar-refractivity contribution in [1.82, 2.24) is 4.90 Å². The van der Waals surface area contributed by atoms with Gasteiger partial charge < -0.3 is 0 Å². The Balaban J connectivity index is 0.931. The third-order valence-corrected chi connectivity index (χ3v) is 18.0. The summed E-state index contributed by atoms with van der Waals surface area (Å²) in [4.78, 5) is 3.41. The summed E-state index contributed by atoms with van der Waals surface area (Å²) in [6.07, 6.45) is 45.9. The van der Waals surface area contributed by atoms with Gasteiger partial charge in [0.05, 0.1) is 0 Å². The number of hydrogen-bond donors (Lipinski definition) is 0. The van der Waals surface area contributed by atoms with Gasteiger partial charge in [0, 0.05) is 18.1 Å². The van der Waals surface area contributed by atoms with E-state index in [1.807, 2.05) is 0 Å². The standard InChI is InChI=1S/C44H73N/c1-2-9-30(10-3-1)32-17-21-39(22-18-32)45(40-23-19-31-11-4-5-14-35(31)28-40)41-24-20-36-27-37-15-8-16-42(44(37)43(36)29-41)38-25-33-12-6-7-13-34(33)26-38/h30-44H,1-29H2. The van der Waals surface area contributed by atoms with E-state index in [9.17, 15) is 0 Å². The summed E-state index contributed by atoms with van der Waals surface area (Å²) in [7, 11) is 0. The molecule has 1 heteroatoms. The number of nitrogens with zero attached hydrogens (tertiary/aromatic N) is 1. The minimum absolute atomic E-state index is 0.939. The quantitative estimate of drug-likeness (QED) is 0.297. The van der Waals surface area contributed by atoms with E-state index in [-0.39, 0.29) is 0 Å². The van der Waals surface area contributed by atoms with Crippen molar-refractivity contribution in [3.05, 3.63) is 0 Å². The first-order valence-corrected chi connectivity index (χ1v) is 22.1. The van der Waals surface area contributed by atoms with Gasteiger partial charge in [-0.05, 0) is 161 Å². The minimum atomic E-state index is 0.939. The van der Waals surface area contributed by atoms with Gasteiger partial charge in [-0.3, -0.25) is 4.90 Å². The van der Waals surface area contributed by atoms with Crippen molar-refractivity contribution in [3.8, 4) is 0 Å². The van der Waals surface area contributed by atoms with Crippen LogP contribution < -0.4 is 0 Å². The summed E-state index contributed by atoms with van der Waals surface area (Å²) in [5.41, 5.74) is 0. The van der Waals surface area contributed by atoms with Crippen molar-refractivity contribution in [2.45, 2.75) is 204 Å². The van der Waals surface area contributed by atoms with Crippen molar-refractivity contribution in [2.75, 3.05) is 0 Å². The molecule has 0 saturated heterocycles. The molecule has 0 spiro atoms. The Kier molecular flexibility index (Phi) is 9.43. The first-order chi connectivity index (χ1) is 22.3. The lowest BCUT2D eigenvalue weighted by Crippen LogP contribution is -2.55. The average Bonchev–Trinajstić information content (AvgIpc) is 3.71. The van der Waals surface area contributed by atoms with Crippen LogP contribution >= 0.6 is 0 Å². The highest BCUT2D eigenvalue weighted by molar-refractivity contribution is 5.05. The molecule has 11 atom stereocenters. The molecule has 45 heavy (non-hydrogen) atoms. The molecule has 0 amide bonds. The van der Waals surface area contributed by atoms with E-state index >= 15 is 0 Å². The molecule has 0 N–H and O–H groups in total. The zero-order valence-corrected chi connectivity index (χ0v) is 29.6. The van der Waals surface area contributed by atoms with Gasteiger partial charge in [-0.15, -0.1) is 0 Å². The van der Waals surface area contributed by atoms with Crippen molar-refractivity contribution < 1.29 is 0 Å². The molecule has 9 rings (SSSR count). The van der Waals surface area contributed by atoms with E-state index < -0.39 is 0 Å². The maximum absolute atomic E-state index is 3.41. The fourth-order valence-electron chi connectivity index (χ4n) is 16.1. The topological polar surface area (TPSA) is 3.24 Å². The van der Waals surface area contributed by atoms with Crippen LogP contribution in [0.3, 0.4) is 0 Å². The highest BCUT2D eigenvalue weighted by Gasteiger charge is 2.54. The summed E-state index contributed by atoms with van der Waals surface area (Å²) in [6, 6.07) is 2.83. The van der Waals surface area contributed by atoms with Gasteiger partial charge in [-0.1, -0.05) is 96.3 Å². The molecule has 11 unspecified atom stereocenters. The van der Waals surface area contributed by atoms with Gasteiger partial charge in [-0.2, -0.15) is 0 Å². The molecule has 9 aliphatic rings. The lowest BCUT2D eigenvalue weighted by atomic mass is 9.62. The third-order valence-electron chi connectivity index (χ3n) is 18.0. The molecule has 0 aromatic rings. The minimum Gasteiger partial charge on any atom is -0.294 e. The van der Waals surface area contributed by atoms with Gasteiger partial charge in [0.1, 0.15) is 0 Å². The van der Waals surface area contributed by atoms with Crippen LogP contribution in [0.4, 0.5) is 0 Å². The van der Waals surface area contributed by atoms with Gasteiger partial charge in [0.25, 0.3) is 0 Å². The van der Waals surface area contributed by atoms with Crippen LogP contribution in [0.15, 0.2) is 0 Å². The van der Waals surface area contributed by atoms with Gasteiger partial charge in [0.2, 0.25) is 0 Å². The van der Waals surface area contributed by atoms with E-state index in [1.165, 1.54) is 19.3 Å². The average molecular weight is 616 g/mol. The van der Waals surface area contributed by atoms with Crippen LogP contribution in [0.2, 0.25) is 0 Å². The van der Waals surface area contributed by atoms with Crippen molar-refractivity contribution in [1.29, 1.82) is 0 Å².